The highest BCUT2D eigenvalue weighted by Gasteiger charge is 2.22. The summed E-state index contributed by atoms with van der Waals surface area (Å²) in [7, 11) is 0. The molecule has 94 valence electrons. The summed E-state index contributed by atoms with van der Waals surface area (Å²) < 4.78 is 5.40. The zero-order valence-electron chi connectivity index (χ0n) is 9.65. The lowest BCUT2D eigenvalue weighted by atomic mass is 10.1. The van der Waals surface area contributed by atoms with E-state index in [1.807, 2.05) is 0 Å². The molecule has 1 heterocycles. The summed E-state index contributed by atoms with van der Waals surface area (Å²) in [6.07, 6.45) is 8.05. The number of carboxylic acids is 1. The van der Waals surface area contributed by atoms with Crippen LogP contribution in [0.4, 0.5) is 0 Å². The van der Waals surface area contributed by atoms with E-state index >= 15 is 0 Å². The SMILES string of the molecule is C#CC[C@@H](NC(=O)C[C@@H]1CCCCO1)C(=O)O. The monoisotopic (exact) mass is 239 g/mol. The molecule has 1 rings (SSSR count). The smallest absolute Gasteiger partial charge is 0.327 e. The third-order valence-corrected chi connectivity index (χ3v) is 2.64. The van der Waals surface area contributed by atoms with Gasteiger partial charge >= 0.3 is 5.97 Å². The number of hydrogen-bond donors (Lipinski definition) is 2. The Bertz CT molecular complexity index is 315. The van der Waals surface area contributed by atoms with E-state index in [0.29, 0.717) is 6.61 Å². The largest absolute Gasteiger partial charge is 0.480 e. The van der Waals surface area contributed by atoms with Gasteiger partial charge in [-0.15, -0.1) is 12.3 Å². The molecular weight excluding hydrogens is 222 g/mol. The van der Waals surface area contributed by atoms with E-state index in [1.165, 1.54) is 0 Å². The summed E-state index contributed by atoms with van der Waals surface area (Å²) in [5.41, 5.74) is 0. The minimum Gasteiger partial charge on any atom is -0.480 e. The topological polar surface area (TPSA) is 75.6 Å². The Kier molecular flexibility index (Phi) is 5.50. The molecule has 2 N–H and O–H groups in total. The van der Waals surface area contributed by atoms with E-state index in [9.17, 15) is 9.59 Å². The van der Waals surface area contributed by atoms with Gasteiger partial charge in [0.15, 0.2) is 0 Å². The molecule has 0 radical (unpaired) electrons. The molecule has 0 bridgehead atoms. The van der Waals surface area contributed by atoms with Crippen LogP contribution in [-0.2, 0) is 14.3 Å². The number of carbonyl (C=O) groups excluding carboxylic acids is 1. The van der Waals surface area contributed by atoms with E-state index in [4.69, 9.17) is 16.3 Å². The Labute approximate surface area is 101 Å². The lowest BCUT2D eigenvalue weighted by Crippen LogP contribution is -2.42. The predicted octanol–water partition coefficient (Wildman–Crippen LogP) is 0.538. The summed E-state index contributed by atoms with van der Waals surface area (Å²) in [4.78, 5) is 22.4. The first kappa shape index (κ1) is 13.5. The maximum Gasteiger partial charge on any atom is 0.327 e. The first-order chi connectivity index (χ1) is 8.13. The molecular formula is C12H17NO4. The van der Waals surface area contributed by atoms with Gasteiger partial charge in [0.05, 0.1) is 12.5 Å². The van der Waals surface area contributed by atoms with Crippen molar-refractivity contribution in [3.63, 3.8) is 0 Å². The molecule has 0 aliphatic carbocycles. The molecule has 1 saturated heterocycles. The standard InChI is InChI=1S/C12H17NO4/c1-2-5-10(12(15)16)13-11(14)8-9-6-3-4-7-17-9/h1,9-10H,3-8H2,(H,13,14)(H,15,16)/t9-,10+/m0/s1. The van der Waals surface area contributed by atoms with Crippen molar-refractivity contribution in [2.75, 3.05) is 6.61 Å². The van der Waals surface area contributed by atoms with Crippen molar-refractivity contribution in [2.24, 2.45) is 0 Å². The third-order valence-electron chi connectivity index (χ3n) is 2.64. The number of amides is 1. The van der Waals surface area contributed by atoms with Gasteiger partial charge in [-0.1, -0.05) is 0 Å². The molecule has 1 fully saturated rings. The number of carbonyl (C=O) groups is 2. The maximum atomic E-state index is 11.6. The van der Waals surface area contributed by atoms with Gasteiger partial charge in [-0.3, -0.25) is 4.79 Å². The molecule has 0 unspecified atom stereocenters. The molecule has 0 aromatic heterocycles. The van der Waals surface area contributed by atoms with E-state index in [0.717, 1.165) is 19.3 Å². The molecule has 2 atom stereocenters. The van der Waals surface area contributed by atoms with Gasteiger partial charge < -0.3 is 15.2 Å². The summed E-state index contributed by atoms with van der Waals surface area (Å²) in [5, 5.41) is 11.2. The molecule has 5 nitrogen and oxygen atoms in total. The number of carboxylic acid groups (broad SMARTS) is 1. The first-order valence-corrected chi connectivity index (χ1v) is 5.70. The second kappa shape index (κ2) is 6.92. The van der Waals surface area contributed by atoms with Gasteiger partial charge in [0.2, 0.25) is 5.91 Å². The quantitative estimate of drug-likeness (QED) is 0.686. The second-order valence-electron chi connectivity index (χ2n) is 4.06. The van der Waals surface area contributed by atoms with E-state index in [2.05, 4.69) is 11.2 Å². The van der Waals surface area contributed by atoms with Crippen molar-refractivity contribution in [2.45, 2.75) is 44.2 Å². The highest BCUT2D eigenvalue weighted by molar-refractivity contribution is 5.83. The Hall–Kier alpha value is -1.54. The minimum absolute atomic E-state index is 0.00734. The Balaban J connectivity index is 2.36. The average Bonchev–Trinajstić information content (AvgIpc) is 2.29. The Morgan fingerprint density at radius 2 is 2.29 bits per heavy atom. The molecule has 0 aromatic rings. The summed E-state index contributed by atoms with van der Waals surface area (Å²) in [6, 6.07) is -1.00. The van der Waals surface area contributed by atoms with Gasteiger partial charge in [-0.05, 0) is 19.3 Å². The van der Waals surface area contributed by atoms with Crippen molar-refractivity contribution < 1.29 is 19.4 Å². The number of terminal acetylenes is 1. The molecule has 5 heteroatoms. The van der Waals surface area contributed by atoms with Crippen LogP contribution in [-0.4, -0.2) is 35.7 Å². The van der Waals surface area contributed by atoms with Crippen molar-refractivity contribution >= 4 is 11.9 Å². The average molecular weight is 239 g/mol. The van der Waals surface area contributed by atoms with Gasteiger partial charge in [0.25, 0.3) is 0 Å². The molecule has 0 saturated carbocycles. The third kappa shape index (κ3) is 4.87. The molecule has 1 aliphatic rings. The molecule has 0 spiro atoms. The van der Waals surface area contributed by atoms with Crippen molar-refractivity contribution in [3.8, 4) is 12.3 Å². The highest BCUT2D eigenvalue weighted by atomic mass is 16.5. The fourth-order valence-corrected chi connectivity index (χ4v) is 1.75. The van der Waals surface area contributed by atoms with Gasteiger partial charge in [0, 0.05) is 13.0 Å². The summed E-state index contributed by atoms with van der Waals surface area (Å²) in [6.45, 7) is 0.671. The first-order valence-electron chi connectivity index (χ1n) is 5.70. The Morgan fingerprint density at radius 1 is 1.53 bits per heavy atom. The fraction of sp³-hybridized carbons (Fsp3) is 0.667. The maximum absolute atomic E-state index is 11.6. The van der Waals surface area contributed by atoms with E-state index < -0.39 is 12.0 Å². The number of aliphatic carboxylic acids is 1. The van der Waals surface area contributed by atoms with Crippen LogP contribution in [0.5, 0.6) is 0 Å². The lowest BCUT2D eigenvalue weighted by molar-refractivity contribution is -0.142. The predicted molar refractivity (Wildman–Crippen MR) is 61.2 cm³/mol. The van der Waals surface area contributed by atoms with Crippen LogP contribution >= 0.6 is 0 Å². The molecule has 0 aromatic carbocycles. The van der Waals surface area contributed by atoms with Gasteiger partial charge in [-0.2, -0.15) is 0 Å². The van der Waals surface area contributed by atoms with Crippen LogP contribution in [0.3, 0.4) is 0 Å². The van der Waals surface area contributed by atoms with Gasteiger partial charge in [0.1, 0.15) is 6.04 Å². The number of hydrogen-bond acceptors (Lipinski definition) is 3. The van der Waals surface area contributed by atoms with E-state index in [1.54, 1.807) is 0 Å². The van der Waals surface area contributed by atoms with Crippen LogP contribution in [0.25, 0.3) is 0 Å². The minimum atomic E-state index is -1.11. The van der Waals surface area contributed by atoms with Crippen LogP contribution in [0, 0.1) is 12.3 Å². The normalized spacial score (nSPS) is 21.2. The van der Waals surface area contributed by atoms with E-state index in [-0.39, 0.29) is 24.9 Å². The summed E-state index contributed by atoms with van der Waals surface area (Å²) >= 11 is 0. The van der Waals surface area contributed by atoms with Crippen molar-refractivity contribution in [3.05, 3.63) is 0 Å². The second-order valence-corrected chi connectivity index (χ2v) is 4.06. The molecule has 1 amide bonds. The van der Waals surface area contributed by atoms with Crippen LogP contribution in [0.2, 0.25) is 0 Å². The Morgan fingerprint density at radius 3 is 2.82 bits per heavy atom. The van der Waals surface area contributed by atoms with Crippen molar-refractivity contribution in [1.29, 1.82) is 0 Å². The summed E-state index contributed by atoms with van der Waals surface area (Å²) in [5.74, 6) is 0.801. The highest BCUT2D eigenvalue weighted by Crippen LogP contribution is 2.15. The van der Waals surface area contributed by atoms with Crippen LogP contribution < -0.4 is 5.32 Å². The molecule has 1 aliphatic heterocycles. The number of nitrogens with one attached hydrogen (secondary N) is 1. The number of ether oxygens (including phenoxy) is 1. The fourth-order valence-electron chi connectivity index (χ4n) is 1.75. The zero-order valence-corrected chi connectivity index (χ0v) is 9.65. The number of rotatable bonds is 5. The molecule has 17 heavy (non-hydrogen) atoms. The lowest BCUT2D eigenvalue weighted by Gasteiger charge is -2.22. The van der Waals surface area contributed by atoms with Crippen LogP contribution in [0.15, 0.2) is 0 Å². The van der Waals surface area contributed by atoms with Crippen LogP contribution in [0.1, 0.15) is 32.1 Å². The van der Waals surface area contributed by atoms with Crippen molar-refractivity contribution in [1.82, 2.24) is 5.32 Å². The zero-order chi connectivity index (χ0) is 12.7. The van der Waals surface area contributed by atoms with Gasteiger partial charge in [-0.25, -0.2) is 4.79 Å².